The summed E-state index contributed by atoms with van der Waals surface area (Å²) in [4.78, 5) is 37.0. The molecule has 1 atom stereocenters. The number of fused-ring (bicyclic) bond motifs is 3. The molecule has 2 aliphatic rings. The van der Waals surface area contributed by atoms with Crippen LogP contribution in [-0.2, 0) is 22.6 Å². The quantitative estimate of drug-likeness (QED) is 0.551. The van der Waals surface area contributed by atoms with Gasteiger partial charge in [0.05, 0.1) is 18.6 Å². The second-order valence-electron chi connectivity index (χ2n) is 8.16. The number of para-hydroxylation sites is 1. The normalized spacial score (nSPS) is 16.2. The molecule has 7 nitrogen and oxygen atoms in total. The number of hydrogen-bond donors (Lipinski definition) is 1. The molecule has 0 aromatic heterocycles. The number of methoxy groups -OCH3 is 1. The van der Waals surface area contributed by atoms with Gasteiger partial charge in [0.15, 0.2) is 5.17 Å². The molecule has 2 aliphatic heterocycles. The van der Waals surface area contributed by atoms with Gasteiger partial charge in [-0.25, -0.2) is 9.89 Å². The first kappa shape index (κ1) is 22.9. The molecule has 176 valence electrons. The van der Waals surface area contributed by atoms with Crippen molar-refractivity contribution in [2.75, 3.05) is 12.9 Å². The van der Waals surface area contributed by atoms with Crippen molar-refractivity contribution in [1.82, 2.24) is 10.2 Å². The highest BCUT2D eigenvalue weighted by molar-refractivity contribution is 8.14. The van der Waals surface area contributed by atoms with E-state index in [-0.39, 0.29) is 17.6 Å². The monoisotopic (exact) mass is 484 g/mol. The Labute approximate surface area is 207 Å². The zero-order valence-corrected chi connectivity index (χ0v) is 20.0. The summed E-state index contributed by atoms with van der Waals surface area (Å²) in [5, 5.41) is 3.39. The molecule has 3 aromatic rings. The number of carbonyl (C=O) groups is 2. The number of nitrogens with one attached hydrogen (secondary N) is 1. The van der Waals surface area contributed by atoms with E-state index in [1.54, 1.807) is 12.0 Å². The van der Waals surface area contributed by atoms with Crippen LogP contribution in [0.3, 0.4) is 0 Å². The van der Waals surface area contributed by atoms with Gasteiger partial charge in [-0.2, -0.15) is 0 Å². The minimum atomic E-state index is -0.520. The van der Waals surface area contributed by atoms with Crippen molar-refractivity contribution in [2.24, 2.45) is 9.98 Å². The van der Waals surface area contributed by atoms with E-state index in [4.69, 9.17) is 14.7 Å². The molecule has 2 amide bonds. The van der Waals surface area contributed by atoms with Gasteiger partial charge in [0.2, 0.25) is 5.91 Å². The summed E-state index contributed by atoms with van der Waals surface area (Å²) in [5.74, 6) is 1.24. The molecular formula is C27H24N4O3S. The molecule has 0 spiro atoms. The first-order valence-electron chi connectivity index (χ1n) is 11.3. The number of aliphatic imine (C=N–C) groups is 2. The molecule has 0 aliphatic carbocycles. The number of ether oxygens (including phenoxy) is 1. The maximum Gasteiger partial charge on any atom is 0.259 e. The molecule has 1 N–H and O–H groups in total. The number of hydrogen-bond acceptors (Lipinski definition) is 6. The number of benzene rings is 3. The van der Waals surface area contributed by atoms with Gasteiger partial charge in [-0.15, -0.1) is 0 Å². The van der Waals surface area contributed by atoms with Crippen LogP contribution in [0.5, 0.6) is 5.75 Å². The third-order valence-corrected chi connectivity index (χ3v) is 6.74. The Morgan fingerprint density at radius 1 is 1.00 bits per heavy atom. The SMILES string of the molecule is COc1ccc(CNC(=O)CSC2=Nc3ccccc3C3=N[C@@H](Cc4ccccc4)C(=O)N23)cc1. The highest BCUT2D eigenvalue weighted by atomic mass is 32.2. The average molecular weight is 485 g/mol. The summed E-state index contributed by atoms with van der Waals surface area (Å²) in [7, 11) is 1.62. The van der Waals surface area contributed by atoms with E-state index >= 15 is 0 Å². The van der Waals surface area contributed by atoms with E-state index in [0.29, 0.717) is 24.0 Å². The topological polar surface area (TPSA) is 83.4 Å². The van der Waals surface area contributed by atoms with E-state index in [9.17, 15) is 9.59 Å². The first-order chi connectivity index (χ1) is 17.1. The molecule has 3 aromatic carbocycles. The van der Waals surface area contributed by atoms with Crippen LogP contribution in [0.15, 0.2) is 88.8 Å². The van der Waals surface area contributed by atoms with Crippen LogP contribution in [0.25, 0.3) is 0 Å². The largest absolute Gasteiger partial charge is 0.497 e. The molecule has 0 radical (unpaired) electrons. The molecule has 35 heavy (non-hydrogen) atoms. The maximum absolute atomic E-state index is 13.4. The minimum Gasteiger partial charge on any atom is -0.497 e. The van der Waals surface area contributed by atoms with Crippen molar-refractivity contribution in [2.45, 2.75) is 19.0 Å². The van der Waals surface area contributed by atoms with Crippen LogP contribution in [0.2, 0.25) is 0 Å². The van der Waals surface area contributed by atoms with E-state index in [1.807, 2.05) is 78.9 Å². The summed E-state index contributed by atoms with van der Waals surface area (Å²) in [6, 6.07) is 24.5. The predicted molar refractivity (Wildman–Crippen MR) is 138 cm³/mol. The van der Waals surface area contributed by atoms with Crippen LogP contribution >= 0.6 is 11.8 Å². The second-order valence-corrected chi connectivity index (χ2v) is 9.10. The van der Waals surface area contributed by atoms with Crippen molar-refractivity contribution < 1.29 is 14.3 Å². The molecule has 0 saturated heterocycles. The number of amides is 2. The van der Waals surface area contributed by atoms with E-state index in [0.717, 1.165) is 28.1 Å². The number of carbonyl (C=O) groups excluding carboxylic acids is 2. The van der Waals surface area contributed by atoms with Crippen LogP contribution in [0, 0.1) is 0 Å². The third-order valence-electron chi connectivity index (χ3n) is 5.80. The van der Waals surface area contributed by atoms with Gasteiger partial charge in [0, 0.05) is 18.5 Å². The molecule has 0 fully saturated rings. The third kappa shape index (κ3) is 4.97. The fraction of sp³-hybridized carbons (Fsp3) is 0.185. The fourth-order valence-corrected chi connectivity index (χ4v) is 4.83. The van der Waals surface area contributed by atoms with Crippen molar-refractivity contribution >= 4 is 40.3 Å². The van der Waals surface area contributed by atoms with E-state index in [2.05, 4.69) is 5.32 Å². The Balaban J connectivity index is 1.29. The minimum absolute atomic E-state index is 0.122. The molecular weight excluding hydrogens is 460 g/mol. The highest BCUT2D eigenvalue weighted by Crippen LogP contribution is 2.34. The molecule has 2 heterocycles. The fourth-order valence-electron chi connectivity index (χ4n) is 3.99. The van der Waals surface area contributed by atoms with Crippen LogP contribution < -0.4 is 10.1 Å². The summed E-state index contributed by atoms with van der Waals surface area (Å²) >= 11 is 1.24. The first-order valence-corrected chi connectivity index (χ1v) is 12.3. The average Bonchev–Trinajstić information content (AvgIpc) is 3.23. The van der Waals surface area contributed by atoms with E-state index in [1.165, 1.54) is 11.8 Å². The van der Waals surface area contributed by atoms with Crippen LogP contribution in [-0.4, -0.2) is 46.6 Å². The highest BCUT2D eigenvalue weighted by Gasteiger charge is 2.41. The molecule has 0 bridgehead atoms. The van der Waals surface area contributed by atoms with Crippen molar-refractivity contribution in [3.8, 4) is 5.75 Å². The smallest absolute Gasteiger partial charge is 0.259 e. The van der Waals surface area contributed by atoms with Crippen LogP contribution in [0.1, 0.15) is 16.7 Å². The lowest BCUT2D eigenvalue weighted by atomic mass is 10.1. The van der Waals surface area contributed by atoms with Crippen molar-refractivity contribution in [3.63, 3.8) is 0 Å². The summed E-state index contributed by atoms with van der Waals surface area (Å²) < 4.78 is 5.16. The predicted octanol–water partition coefficient (Wildman–Crippen LogP) is 3.95. The molecule has 0 saturated carbocycles. The lowest BCUT2D eigenvalue weighted by Crippen LogP contribution is -2.42. The number of nitrogens with zero attached hydrogens (tertiary/aromatic N) is 3. The zero-order chi connectivity index (χ0) is 24.2. The van der Waals surface area contributed by atoms with Crippen molar-refractivity contribution in [3.05, 3.63) is 95.6 Å². The Hall–Kier alpha value is -3.91. The lowest BCUT2D eigenvalue weighted by molar-refractivity contribution is -0.124. The summed E-state index contributed by atoms with van der Waals surface area (Å²) in [6.07, 6.45) is 0.516. The number of thioether (sulfide) groups is 1. The van der Waals surface area contributed by atoms with Gasteiger partial charge in [0.1, 0.15) is 17.6 Å². The number of rotatable bonds is 7. The maximum atomic E-state index is 13.4. The van der Waals surface area contributed by atoms with Gasteiger partial charge in [-0.3, -0.25) is 14.6 Å². The second kappa shape index (κ2) is 10.1. The van der Waals surface area contributed by atoms with Gasteiger partial charge in [-0.05, 0) is 35.4 Å². The van der Waals surface area contributed by atoms with E-state index < -0.39 is 6.04 Å². The Morgan fingerprint density at radius 3 is 2.51 bits per heavy atom. The zero-order valence-electron chi connectivity index (χ0n) is 19.2. The standard InChI is InChI=1S/C27H24N4O3S/c1-34-20-13-11-19(12-14-20)16-28-24(32)17-35-27-30-22-10-6-5-9-21(22)25-29-23(26(33)31(25)27)15-18-7-3-2-4-8-18/h2-14,23H,15-17H2,1H3,(H,28,32)/t23-/m0/s1. The van der Waals surface area contributed by atoms with Gasteiger partial charge in [0.25, 0.3) is 5.91 Å². The van der Waals surface area contributed by atoms with Crippen molar-refractivity contribution in [1.29, 1.82) is 0 Å². The van der Waals surface area contributed by atoms with Crippen LogP contribution in [0.4, 0.5) is 5.69 Å². The molecule has 5 rings (SSSR count). The Bertz CT molecular complexity index is 1310. The summed E-state index contributed by atoms with van der Waals surface area (Å²) in [6.45, 7) is 0.410. The Kier molecular flexibility index (Phi) is 6.63. The summed E-state index contributed by atoms with van der Waals surface area (Å²) in [5.41, 5.74) is 3.59. The van der Waals surface area contributed by atoms with Gasteiger partial charge < -0.3 is 10.1 Å². The van der Waals surface area contributed by atoms with Gasteiger partial charge in [-0.1, -0.05) is 66.4 Å². The molecule has 8 heteroatoms. The Morgan fingerprint density at radius 2 is 1.74 bits per heavy atom. The van der Waals surface area contributed by atoms with Gasteiger partial charge >= 0.3 is 0 Å². The molecule has 0 unspecified atom stereocenters. The number of amidine groups is 2. The lowest BCUT2D eigenvalue weighted by Gasteiger charge is -2.25.